The second-order valence-corrected chi connectivity index (χ2v) is 15.9. The van der Waals surface area contributed by atoms with Gasteiger partial charge in [0.15, 0.2) is 6.10 Å². The number of rotatable bonds is 40. The maximum absolute atomic E-state index is 12.6. The number of phosphoric ester groups is 1. The van der Waals surface area contributed by atoms with Crippen LogP contribution in [0.25, 0.3) is 0 Å². The average molecular weight is 812 g/mol. The van der Waals surface area contributed by atoms with Gasteiger partial charge in [-0.1, -0.05) is 146 Å². The van der Waals surface area contributed by atoms with Gasteiger partial charge >= 0.3 is 25.7 Å². The second kappa shape index (κ2) is 39.3. The summed E-state index contributed by atoms with van der Waals surface area (Å²) in [5.41, 5.74) is 5.33. The van der Waals surface area contributed by atoms with E-state index in [-0.39, 0.29) is 19.4 Å². The van der Waals surface area contributed by atoms with Crippen LogP contribution in [0.4, 0.5) is 0 Å². The van der Waals surface area contributed by atoms with Gasteiger partial charge in [0.05, 0.1) is 13.2 Å². The van der Waals surface area contributed by atoms with Gasteiger partial charge < -0.3 is 25.2 Å². The maximum Gasteiger partial charge on any atom is 0.472 e. The van der Waals surface area contributed by atoms with Crippen molar-refractivity contribution in [2.24, 2.45) is 5.73 Å². The van der Waals surface area contributed by atoms with Crippen molar-refractivity contribution in [2.45, 2.75) is 193 Å². The van der Waals surface area contributed by atoms with Crippen LogP contribution in [0.2, 0.25) is 0 Å². The second-order valence-electron chi connectivity index (χ2n) is 14.4. The molecule has 11 nitrogen and oxygen atoms in total. The number of phosphoric acid groups is 1. The topological polar surface area (TPSA) is 172 Å². The summed E-state index contributed by atoms with van der Waals surface area (Å²) in [6, 6.07) is -1.53. The molecule has 0 amide bonds. The summed E-state index contributed by atoms with van der Waals surface area (Å²) in [5.74, 6) is -2.41. The molecule has 4 N–H and O–H groups in total. The van der Waals surface area contributed by atoms with Gasteiger partial charge in [-0.05, 0) is 70.6 Å². The summed E-state index contributed by atoms with van der Waals surface area (Å²) in [7, 11) is -4.72. The standard InChI is InChI=1S/C44H78NO10P/c1-3-5-7-9-11-13-15-17-19-20-22-24-26-28-30-32-34-36-43(47)55-40(38-53-56(50,51)54-39-41(45)44(48)49)37-52-42(46)35-33-31-29-27-25-23-21-18-16-14-12-10-8-6-4-2/h6,8,12,14,17-19,21,40-41H,3-5,7,9-11,13,15-16,20,22-39,45H2,1-2H3,(H,48,49)(H,50,51)/b8-6+,14-12+,19-17+,21-18+/t40-,41+/m1/s1. The molecule has 3 atom stereocenters. The van der Waals surface area contributed by atoms with E-state index in [9.17, 15) is 23.8 Å². The average Bonchev–Trinajstić information content (AvgIpc) is 3.17. The molecule has 0 aromatic rings. The number of carboxylic acid groups (broad SMARTS) is 1. The number of carbonyl (C=O) groups is 3. The predicted octanol–water partition coefficient (Wildman–Crippen LogP) is 11.4. The van der Waals surface area contributed by atoms with E-state index in [0.29, 0.717) is 12.8 Å². The Morgan fingerprint density at radius 3 is 1.52 bits per heavy atom. The number of nitrogens with two attached hydrogens (primary N) is 1. The quantitative estimate of drug-likeness (QED) is 0.0233. The summed E-state index contributed by atoms with van der Waals surface area (Å²) >= 11 is 0. The van der Waals surface area contributed by atoms with Gasteiger partial charge in [0.25, 0.3) is 0 Å². The molecular weight excluding hydrogens is 733 g/mol. The Hall–Kier alpha value is -2.56. The van der Waals surface area contributed by atoms with Gasteiger partial charge in [-0.15, -0.1) is 0 Å². The summed E-state index contributed by atoms with van der Waals surface area (Å²) in [6.07, 6.45) is 43.1. The van der Waals surface area contributed by atoms with Crippen molar-refractivity contribution in [1.29, 1.82) is 0 Å². The number of esters is 2. The molecule has 0 aromatic carbocycles. The molecule has 0 rings (SSSR count). The largest absolute Gasteiger partial charge is 0.480 e. The monoisotopic (exact) mass is 812 g/mol. The van der Waals surface area contributed by atoms with E-state index in [4.69, 9.17) is 24.8 Å². The first-order valence-corrected chi connectivity index (χ1v) is 23.2. The van der Waals surface area contributed by atoms with Crippen LogP contribution in [0.5, 0.6) is 0 Å². The first kappa shape index (κ1) is 53.4. The molecule has 0 aliphatic heterocycles. The number of aliphatic carboxylic acids is 1. The van der Waals surface area contributed by atoms with Crippen molar-refractivity contribution in [3.8, 4) is 0 Å². The molecule has 12 heteroatoms. The minimum absolute atomic E-state index is 0.151. The summed E-state index contributed by atoms with van der Waals surface area (Å²) in [6.45, 7) is 2.66. The minimum atomic E-state index is -4.72. The van der Waals surface area contributed by atoms with Crippen LogP contribution in [-0.4, -0.2) is 59.9 Å². The lowest BCUT2D eigenvalue weighted by Crippen LogP contribution is -2.34. The van der Waals surface area contributed by atoms with Crippen molar-refractivity contribution in [1.82, 2.24) is 0 Å². The fraction of sp³-hybridized carbons (Fsp3) is 0.750. The molecule has 0 fully saturated rings. The molecule has 0 heterocycles. The highest BCUT2D eigenvalue weighted by Gasteiger charge is 2.28. The Balaban J connectivity index is 4.39. The molecule has 56 heavy (non-hydrogen) atoms. The van der Waals surface area contributed by atoms with Crippen LogP contribution in [0.15, 0.2) is 48.6 Å². The Morgan fingerprint density at radius 1 is 0.571 bits per heavy atom. The van der Waals surface area contributed by atoms with Gasteiger partial charge in [-0.3, -0.25) is 23.4 Å². The predicted molar refractivity (Wildman–Crippen MR) is 226 cm³/mol. The number of carbonyl (C=O) groups excluding carboxylic acids is 2. The number of unbranched alkanes of at least 4 members (excludes halogenated alkanes) is 18. The Kier molecular flexibility index (Phi) is 37.5. The Labute approximate surface area is 339 Å². The van der Waals surface area contributed by atoms with E-state index in [1.165, 1.54) is 57.8 Å². The van der Waals surface area contributed by atoms with Gasteiger partial charge in [-0.2, -0.15) is 0 Å². The highest BCUT2D eigenvalue weighted by Crippen LogP contribution is 2.43. The maximum atomic E-state index is 12.6. The van der Waals surface area contributed by atoms with Crippen LogP contribution in [0.1, 0.15) is 181 Å². The highest BCUT2D eigenvalue weighted by atomic mass is 31.2. The van der Waals surface area contributed by atoms with E-state index in [0.717, 1.165) is 83.5 Å². The van der Waals surface area contributed by atoms with Crippen molar-refractivity contribution < 1.29 is 47.5 Å². The molecule has 0 aliphatic carbocycles. The highest BCUT2D eigenvalue weighted by molar-refractivity contribution is 7.47. The van der Waals surface area contributed by atoms with Crippen LogP contribution in [0.3, 0.4) is 0 Å². The Bertz CT molecular complexity index is 1140. The first-order valence-electron chi connectivity index (χ1n) is 21.7. The van der Waals surface area contributed by atoms with Gasteiger partial charge in [0.1, 0.15) is 12.6 Å². The van der Waals surface area contributed by atoms with Crippen LogP contribution < -0.4 is 5.73 Å². The molecule has 0 aliphatic rings. The van der Waals surface area contributed by atoms with Crippen molar-refractivity contribution in [3.05, 3.63) is 48.6 Å². The lowest BCUT2D eigenvalue weighted by atomic mass is 10.1. The third-order valence-corrected chi connectivity index (χ3v) is 10.0. The number of hydrogen-bond donors (Lipinski definition) is 3. The van der Waals surface area contributed by atoms with Crippen LogP contribution in [-0.2, 0) is 37.5 Å². The summed E-state index contributed by atoms with van der Waals surface area (Å²) in [5, 5.41) is 8.89. The number of carboxylic acids is 1. The minimum Gasteiger partial charge on any atom is -0.480 e. The van der Waals surface area contributed by atoms with E-state index in [1.54, 1.807) is 0 Å². The number of allylic oxidation sites excluding steroid dienone is 8. The van der Waals surface area contributed by atoms with Gasteiger partial charge in [0.2, 0.25) is 0 Å². The molecule has 0 radical (unpaired) electrons. The zero-order valence-electron chi connectivity index (χ0n) is 35.0. The van der Waals surface area contributed by atoms with Crippen LogP contribution in [0, 0.1) is 0 Å². The van der Waals surface area contributed by atoms with E-state index in [1.807, 2.05) is 0 Å². The fourth-order valence-corrected chi connectivity index (χ4v) is 6.44. The molecule has 324 valence electrons. The van der Waals surface area contributed by atoms with Gasteiger partial charge in [-0.25, -0.2) is 4.57 Å². The number of ether oxygens (including phenoxy) is 2. The van der Waals surface area contributed by atoms with E-state index in [2.05, 4.69) is 67.0 Å². The van der Waals surface area contributed by atoms with Crippen molar-refractivity contribution in [2.75, 3.05) is 19.8 Å². The molecule has 0 saturated heterocycles. The molecule has 0 saturated carbocycles. The third-order valence-electron chi connectivity index (χ3n) is 9.06. The molecule has 0 spiro atoms. The molecule has 1 unspecified atom stereocenters. The lowest BCUT2D eigenvalue weighted by Gasteiger charge is -2.20. The van der Waals surface area contributed by atoms with E-state index < -0.39 is 51.1 Å². The smallest absolute Gasteiger partial charge is 0.472 e. The molecule has 0 aromatic heterocycles. The Morgan fingerprint density at radius 2 is 1.00 bits per heavy atom. The lowest BCUT2D eigenvalue weighted by molar-refractivity contribution is -0.161. The molecular formula is C44H78NO10P. The fourth-order valence-electron chi connectivity index (χ4n) is 5.66. The normalized spacial score (nSPS) is 14.2. The first-order chi connectivity index (χ1) is 27.1. The SMILES string of the molecule is CC/C=C/C/C=C/C/C=C/CCCCCCCC(=O)OC[C@H](COP(=O)(O)OC[C@H](N)C(=O)O)OC(=O)CCCCCCCCC/C=C/CCCCCCCC. The van der Waals surface area contributed by atoms with Gasteiger partial charge in [0, 0.05) is 12.8 Å². The summed E-state index contributed by atoms with van der Waals surface area (Å²) in [4.78, 5) is 45.9. The zero-order valence-corrected chi connectivity index (χ0v) is 35.9. The van der Waals surface area contributed by atoms with E-state index >= 15 is 0 Å². The number of hydrogen-bond acceptors (Lipinski definition) is 9. The summed E-state index contributed by atoms with van der Waals surface area (Å²) < 4.78 is 32.7. The third kappa shape index (κ3) is 38.3. The van der Waals surface area contributed by atoms with Crippen molar-refractivity contribution >= 4 is 25.7 Å². The van der Waals surface area contributed by atoms with Crippen molar-refractivity contribution in [3.63, 3.8) is 0 Å². The van der Waals surface area contributed by atoms with Crippen LogP contribution >= 0.6 is 7.82 Å². The zero-order chi connectivity index (χ0) is 41.4. The molecule has 0 bridgehead atoms.